The Balaban J connectivity index is 1.03. The summed E-state index contributed by atoms with van der Waals surface area (Å²) in [6.45, 7) is 1.46. The van der Waals surface area contributed by atoms with Crippen LogP contribution in [0.25, 0.3) is 0 Å². The van der Waals surface area contributed by atoms with Crippen LogP contribution in [-0.2, 0) is 32.6 Å². The van der Waals surface area contributed by atoms with Crippen LogP contribution in [0.15, 0.2) is 47.4 Å². The standard InChI is InChI=1S/C30H34F3N3O4S/c31-30(32,33)23-11-5-4-10-22(23)29(18-40-19-29)34-15-6-2-1-3-7-16-41-25-12-8-9-20-21(25)17-36(28(20)39)24-13-14-26(37)35-27(24)38/h4-5,8-12,24,34H,1-3,6-7,13-19H2,(H,35,37,38). The second-order valence-electron chi connectivity index (χ2n) is 10.8. The number of imide groups is 1. The Morgan fingerprint density at radius 3 is 2.49 bits per heavy atom. The number of carbonyl (C=O) groups excluding carboxylic acids is 3. The van der Waals surface area contributed by atoms with Crippen LogP contribution >= 0.6 is 11.8 Å². The van der Waals surface area contributed by atoms with E-state index in [1.165, 1.54) is 6.07 Å². The fourth-order valence-electron chi connectivity index (χ4n) is 5.77. The van der Waals surface area contributed by atoms with Gasteiger partial charge < -0.3 is 15.0 Å². The topological polar surface area (TPSA) is 87.7 Å². The van der Waals surface area contributed by atoms with Crippen LogP contribution in [0.2, 0.25) is 0 Å². The highest BCUT2D eigenvalue weighted by Gasteiger charge is 2.46. The number of rotatable bonds is 12. The van der Waals surface area contributed by atoms with Crippen LogP contribution in [-0.4, -0.2) is 54.2 Å². The van der Waals surface area contributed by atoms with Gasteiger partial charge >= 0.3 is 6.18 Å². The van der Waals surface area contributed by atoms with E-state index in [1.54, 1.807) is 34.9 Å². The lowest BCUT2D eigenvalue weighted by atomic mass is 9.84. The van der Waals surface area contributed by atoms with E-state index in [9.17, 15) is 27.6 Å². The second kappa shape index (κ2) is 12.5. The van der Waals surface area contributed by atoms with Crippen molar-refractivity contribution in [3.05, 3.63) is 64.7 Å². The van der Waals surface area contributed by atoms with Crippen LogP contribution in [0, 0.1) is 0 Å². The number of alkyl halides is 3. The molecular weight excluding hydrogens is 555 g/mol. The van der Waals surface area contributed by atoms with Crippen molar-refractivity contribution >= 4 is 29.5 Å². The van der Waals surface area contributed by atoms with E-state index in [2.05, 4.69) is 10.6 Å². The highest BCUT2D eigenvalue weighted by Crippen LogP contribution is 2.40. The number of benzene rings is 2. The predicted octanol–water partition coefficient (Wildman–Crippen LogP) is 5.02. The predicted molar refractivity (Wildman–Crippen MR) is 148 cm³/mol. The molecule has 2 saturated heterocycles. The second-order valence-corrected chi connectivity index (χ2v) is 12.0. The number of piperidine rings is 1. The molecule has 41 heavy (non-hydrogen) atoms. The Morgan fingerprint density at radius 1 is 1.00 bits per heavy atom. The number of nitrogens with zero attached hydrogens (tertiary/aromatic N) is 1. The molecule has 0 bridgehead atoms. The van der Waals surface area contributed by atoms with E-state index in [0.717, 1.165) is 54.4 Å². The zero-order chi connectivity index (χ0) is 29.0. The van der Waals surface area contributed by atoms with Gasteiger partial charge in [0.15, 0.2) is 0 Å². The number of thioether (sulfide) groups is 1. The fourth-order valence-corrected chi connectivity index (χ4v) is 6.86. The largest absolute Gasteiger partial charge is 0.416 e. The quantitative estimate of drug-likeness (QED) is 0.205. The van der Waals surface area contributed by atoms with Crippen LogP contribution < -0.4 is 10.6 Å². The summed E-state index contributed by atoms with van der Waals surface area (Å²) in [6, 6.07) is 10.8. The van der Waals surface area contributed by atoms with Gasteiger partial charge in [0.1, 0.15) is 6.04 Å². The van der Waals surface area contributed by atoms with Crippen LogP contribution in [0.1, 0.15) is 72.0 Å². The molecule has 2 aromatic carbocycles. The summed E-state index contributed by atoms with van der Waals surface area (Å²) >= 11 is 1.71. The Labute approximate surface area is 241 Å². The van der Waals surface area contributed by atoms with Crippen molar-refractivity contribution < 1.29 is 32.3 Å². The average molecular weight is 590 g/mol. The number of carbonyl (C=O) groups is 3. The Morgan fingerprint density at radius 2 is 1.76 bits per heavy atom. The molecule has 3 heterocycles. The first kappa shape index (κ1) is 29.6. The van der Waals surface area contributed by atoms with Crippen molar-refractivity contribution in [1.29, 1.82) is 0 Å². The molecule has 11 heteroatoms. The van der Waals surface area contributed by atoms with Crippen LogP contribution in [0.5, 0.6) is 0 Å². The van der Waals surface area contributed by atoms with Gasteiger partial charge in [-0.25, -0.2) is 0 Å². The summed E-state index contributed by atoms with van der Waals surface area (Å²) in [7, 11) is 0. The number of halogens is 3. The molecule has 3 amide bonds. The summed E-state index contributed by atoms with van der Waals surface area (Å²) in [5.74, 6) is 0.0269. The maximum atomic E-state index is 13.5. The molecule has 1 unspecified atom stereocenters. The monoisotopic (exact) mass is 589 g/mol. The zero-order valence-electron chi connectivity index (χ0n) is 22.7. The lowest BCUT2D eigenvalue weighted by Crippen LogP contribution is -2.58. The normalized spacial score (nSPS) is 20.1. The molecule has 2 N–H and O–H groups in total. The Bertz CT molecular complexity index is 1300. The van der Waals surface area contributed by atoms with Crippen molar-refractivity contribution in [2.75, 3.05) is 25.5 Å². The number of unbranched alkanes of at least 4 members (excludes halogenated alkanes) is 4. The van der Waals surface area contributed by atoms with Gasteiger partial charge in [0.2, 0.25) is 11.8 Å². The summed E-state index contributed by atoms with van der Waals surface area (Å²) < 4.78 is 45.9. The zero-order valence-corrected chi connectivity index (χ0v) is 23.5. The van der Waals surface area contributed by atoms with Gasteiger partial charge in [-0.3, -0.25) is 19.7 Å². The highest BCUT2D eigenvalue weighted by molar-refractivity contribution is 7.99. The fraction of sp³-hybridized carbons (Fsp3) is 0.500. The molecule has 0 aliphatic carbocycles. The minimum atomic E-state index is -4.40. The molecule has 0 spiro atoms. The van der Waals surface area contributed by atoms with E-state index in [-0.39, 0.29) is 37.0 Å². The minimum Gasteiger partial charge on any atom is -0.377 e. The third-order valence-corrected chi connectivity index (χ3v) is 9.21. The molecule has 1 atom stereocenters. The molecule has 2 aromatic rings. The van der Waals surface area contributed by atoms with Crippen molar-refractivity contribution in [1.82, 2.24) is 15.5 Å². The molecule has 0 radical (unpaired) electrons. The summed E-state index contributed by atoms with van der Waals surface area (Å²) in [4.78, 5) is 39.4. The van der Waals surface area contributed by atoms with Gasteiger partial charge in [-0.05, 0) is 60.9 Å². The molecule has 7 nitrogen and oxygen atoms in total. The van der Waals surface area contributed by atoms with Crippen molar-refractivity contribution in [2.24, 2.45) is 0 Å². The number of fused-ring (bicyclic) bond motifs is 1. The number of nitrogens with one attached hydrogen (secondary N) is 2. The van der Waals surface area contributed by atoms with E-state index < -0.39 is 29.2 Å². The molecule has 0 saturated carbocycles. The lowest BCUT2D eigenvalue weighted by molar-refractivity contribution is -0.143. The van der Waals surface area contributed by atoms with E-state index in [0.29, 0.717) is 25.1 Å². The first-order chi connectivity index (χ1) is 19.7. The van der Waals surface area contributed by atoms with Gasteiger partial charge in [0.05, 0.1) is 24.3 Å². The van der Waals surface area contributed by atoms with E-state index in [1.807, 2.05) is 12.1 Å². The SMILES string of the molecule is O=C1CCC(N2Cc3c(SCCCCCCCNC4(c5ccccc5C(F)(F)F)COC4)cccc3C2=O)C(=O)N1. The molecule has 3 aliphatic heterocycles. The maximum absolute atomic E-state index is 13.5. The number of ether oxygens (including phenoxy) is 1. The van der Waals surface area contributed by atoms with Crippen LogP contribution in [0.3, 0.4) is 0 Å². The third kappa shape index (κ3) is 6.47. The highest BCUT2D eigenvalue weighted by atomic mass is 32.2. The van der Waals surface area contributed by atoms with Gasteiger partial charge in [-0.1, -0.05) is 43.5 Å². The van der Waals surface area contributed by atoms with Crippen molar-refractivity contribution in [3.8, 4) is 0 Å². The molecule has 220 valence electrons. The summed E-state index contributed by atoms with van der Waals surface area (Å²) in [5.41, 5.74) is 0.433. The van der Waals surface area contributed by atoms with Crippen molar-refractivity contribution in [2.45, 2.75) is 74.1 Å². The summed E-state index contributed by atoms with van der Waals surface area (Å²) in [5, 5.41) is 5.68. The average Bonchev–Trinajstić information content (AvgIpc) is 3.25. The van der Waals surface area contributed by atoms with Crippen molar-refractivity contribution in [3.63, 3.8) is 0 Å². The molecule has 5 rings (SSSR count). The molecule has 3 aliphatic rings. The first-order valence-corrected chi connectivity index (χ1v) is 15.1. The van der Waals surface area contributed by atoms with Gasteiger partial charge in [0.25, 0.3) is 5.91 Å². The lowest BCUT2D eigenvalue weighted by Gasteiger charge is -2.44. The van der Waals surface area contributed by atoms with E-state index in [4.69, 9.17) is 4.74 Å². The number of hydrogen-bond acceptors (Lipinski definition) is 6. The molecule has 2 fully saturated rings. The number of amides is 3. The molecule has 0 aromatic heterocycles. The van der Waals surface area contributed by atoms with Gasteiger partial charge in [-0.15, -0.1) is 11.8 Å². The smallest absolute Gasteiger partial charge is 0.377 e. The first-order valence-electron chi connectivity index (χ1n) is 14.1. The summed E-state index contributed by atoms with van der Waals surface area (Å²) in [6.07, 6.45) is 1.09. The Kier molecular flexibility index (Phi) is 9.06. The van der Waals surface area contributed by atoms with Gasteiger partial charge in [-0.2, -0.15) is 13.2 Å². The number of hydrogen-bond donors (Lipinski definition) is 2. The minimum absolute atomic E-state index is 0.164. The third-order valence-electron chi connectivity index (χ3n) is 8.03. The van der Waals surface area contributed by atoms with E-state index >= 15 is 0 Å². The van der Waals surface area contributed by atoms with Gasteiger partial charge in [0, 0.05) is 23.4 Å². The maximum Gasteiger partial charge on any atom is 0.416 e. The Hall–Kier alpha value is -2.89. The molecular formula is C30H34F3N3O4S. The van der Waals surface area contributed by atoms with Crippen LogP contribution in [0.4, 0.5) is 13.2 Å².